The van der Waals surface area contributed by atoms with E-state index in [9.17, 15) is 24.3 Å². The van der Waals surface area contributed by atoms with Gasteiger partial charge in [0, 0.05) is 31.0 Å². The summed E-state index contributed by atoms with van der Waals surface area (Å²) in [5, 5.41) is 17.9. The molecule has 0 spiro atoms. The lowest BCUT2D eigenvalue weighted by molar-refractivity contribution is -0.146. The van der Waals surface area contributed by atoms with E-state index in [1.54, 1.807) is 6.20 Å². The molecule has 0 bridgehead atoms. The van der Waals surface area contributed by atoms with Crippen LogP contribution in [0.1, 0.15) is 64.2 Å². The minimum Gasteiger partial charge on any atom is -0.487 e. The van der Waals surface area contributed by atoms with Gasteiger partial charge in [0.05, 0.1) is 28.1 Å². The number of carbonyl (C=O) groups excluding carboxylic acids is 3. The van der Waals surface area contributed by atoms with Gasteiger partial charge in [-0.1, -0.05) is 31.1 Å². The number of amides is 3. The van der Waals surface area contributed by atoms with Gasteiger partial charge in [0.25, 0.3) is 0 Å². The molecule has 5 heterocycles. The highest BCUT2D eigenvalue weighted by Gasteiger charge is 2.61. The van der Waals surface area contributed by atoms with E-state index in [1.807, 2.05) is 47.9 Å². The molecule has 2 aliphatic carbocycles. The smallest absolute Gasteiger partial charge is 0.330 e. The van der Waals surface area contributed by atoms with Gasteiger partial charge in [-0.05, 0) is 68.0 Å². The van der Waals surface area contributed by atoms with Crippen molar-refractivity contribution >= 4 is 45.2 Å². The number of fused-ring (bicyclic) bond motifs is 3. The van der Waals surface area contributed by atoms with E-state index in [2.05, 4.69) is 15.6 Å². The molecule has 2 saturated carbocycles. The third-order valence-corrected chi connectivity index (χ3v) is 10.6. The van der Waals surface area contributed by atoms with Gasteiger partial charge in [0.15, 0.2) is 0 Å². The summed E-state index contributed by atoms with van der Waals surface area (Å²) in [6.45, 7) is 0.115. The number of carboxylic acids is 1. The van der Waals surface area contributed by atoms with Crippen molar-refractivity contribution < 1.29 is 29.0 Å². The second kappa shape index (κ2) is 13.1. The Kier molecular flexibility index (Phi) is 8.69. The summed E-state index contributed by atoms with van der Waals surface area (Å²) < 4.78 is 7.43. The quantitative estimate of drug-likeness (QED) is 0.315. The predicted molar refractivity (Wildman–Crippen MR) is 175 cm³/mol. The Morgan fingerprint density at radius 3 is 2.79 bits per heavy atom. The van der Waals surface area contributed by atoms with Gasteiger partial charge >= 0.3 is 5.97 Å². The van der Waals surface area contributed by atoms with E-state index in [1.165, 1.54) is 16.2 Å². The Bertz CT molecular complexity index is 1710. The van der Waals surface area contributed by atoms with Gasteiger partial charge in [-0.25, -0.2) is 9.78 Å². The Balaban J connectivity index is 1.18. The molecule has 0 aromatic carbocycles. The van der Waals surface area contributed by atoms with E-state index in [0.29, 0.717) is 42.3 Å². The van der Waals surface area contributed by atoms with Crippen LogP contribution in [-0.4, -0.2) is 73.9 Å². The number of hydrogen-bond acceptors (Lipinski definition) is 8. The molecule has 1 saturated heterocycles. The Morgan fingerprint density at radius 2 is 2.00 bits per heavy atom. The molecule has 246 valence electrons. The monoisotopic (exact) mass is 657 g/mol. The first-order valence-corrected chi connectivity index (χ1v) is 17.5. The SMILES string of the molecule is O=C(CC1CC1)N[C@H]1CCCCCC=C[C@@H]2C[C@@]2(C(=O)O)NC(=O)[C@@H]2C[C@@H](Oc3cc(-c4ccccn4)nc4ccsc34)CN2C1=O. The maximum atomic E-state index is 14.3. The lowest BCUT2D eigenvalue weighted by atomic mass is 10.0. The highest BCUT2D eigenvalue weighted by Crippen LogP contribution is 2.45. The van der Waals surface area contributed by atoms with Crippen LogP contribution in [0.15, 0.2) is 54.1 Å². The van der Waals surface area contributed by atoms with Crippen molar-refractivity contribution in [2.24, 2.45) is 11.8 Å². The number of carboxylic acid groups (broad SMARTS) is 1. The Morgan fingerprint density at radius 1 is 1.13 bits per heavy atom. The molecule has 12 heteroatoms. The second-order valence-corrected chi connectivity index (χ2v) is 14.2. The lowest BCUT2D eigenvalue weighted by Crippen LogP contribution is -2.56. The molecule has 7 rings (SSSR count). The van der Waals surface area contributed by atoms with Crippen LogP contribution in [0.3, 0.4) is 0 Å². The summed E-state index contributed by atoms with van der Waals surface area (Å²) in [7, 11) is 0. The van der Waals surface area contributed by atoms with Crippen LogP contribution in [0.5, 0.6) is 5.75 Å². The molecular weight excluding hydrogens is 618 g/mol. The summed E-state index contributed by atoms with van der Waals surface area (Å²) in [6, 6.07) is 7.60. The van der Waals surface area contributed by atoms with Crippen LogP contribution < -0.4 is 15.4 Å². The van der Waals surface area contributed by atoms with Crippen molar-refractivity contribution in [2.75, 3.05) is 6.54 Å². The van der Waals surface area contributed by atoms with Crippen molar-refractivity contribution in [1.29, 1.82) is 0 Å². The van der Waals surface area contributed by atoms with Crippen LogP contribution in [0.4, 0.5) is 0 Å². The molecule has 3 aromatic heterocycles. The first kappa shape index (κ1) is 31.3. The van der Waals surface area contributed by atoms with Crippen molar-refractivity contribution in [3.8, 4) is 17.1 Å². The van der Waals surface area contributed by atoms with E-state index < -0.39 is 35.6 Å². The molecule has 3 amide bonds. The van der Waals surface area contributed by atoms with Crippen molar-refractivity contribution in [3.63, 3.8) is 0 Å². The third kappa shape index (κ3) is 6.74. The Hall–Kier alpha value is -4.32. The maximum Gasteiger partial charge on any atom is 0.330 e. The summed E-state index contributed by atoms with van der Waals surface area (Å²) in [5.41, 5.74) is 0.689. The van der Waals surface area contributed by atoms with Gasteiger partial charge in [0.2, 0.25) is 17.7 Å². The molecule has 4 aliphatic rings. The largest absolute Gasteiger partial charge is 0.487 e. The summed E-state index contributed by atoms with van der Waals surface area (Å²) >= 11 is 1.49. The van der Waals surface area contributed by atoms with E-state index in [0.717, 1.165) is 48.7 Å². The fraction of sp³-hybridized carbons (Fsp3) is 0.486. The van der Waals surface area contributed by atoms with Crippen molar-refractivity contribution in [2.45, 2.75) is 87.9 Å². The minimum atomic E-state index is -1.40. The first-order valence-electron chi connectivity index (χ1n) is 16.6. The van der Waals surface area contributed by atoms with E-state index in [4.69, 9.17) is 9.72 Å². The minimum absolute atomic E-state index is 0.115. The molecule has 0 unspecified atom stereocenters. The number of rotatable bonds is 7. The number of thiophene rings is 1. The molecule has 0 radical (unpaired) electrons. The molecule has 47 heavy (non-hydrogen) atoms. The zero-order valence-corrected chi connectivity index (χ0v) is 26.9. The first-order chi connectivity index (χ1) is 22.8. The van der Waals surface area contributed by atoms with Crippen LogP contribution in [0, 0.1) is 11.8 Å². The topological polar surface area (TPSA) is 151 Å². The van der Waals surface area contributed by atoms with Gasteiger partial charge in [-0.2, -0.15) is 0 Å². The fourth-order valence-corrected chi connectivity index (χ4v) is 7.61. The summed E-state index contributed by atoms with van der Waals surface area (Å²) in [5.74, 6) is -1.46. The predicted octanol–water partition coefficient (Wildman–Crippen LogP) is 4.47. The zero-order valence-electron chi connectivity index (χ0n) is 26.1. The summed E-state index contributed by atoms with van der Waals surface area (Å²) in [4.78, 5) is 64.3. The molecule has 2 aliphatic heterocycles. The van der Waals surface area contributed by atoms with Crippen LogP contribution in [0.25, 0.3) is 21.6 Å². The molecule has 3 fully saturated rings. The molecule has 3 N–H and O–H groups in total. The molecular formula is C35H39N5O6S. The van der Waals surface area contributed by atoms with Gasteiger partial charge in [0.1, 0.15) is 29.5 Å². The number of aliphatic carboxylic acids is 1. The number of nitrogens with one attached hydrogen (secondary N) is 2. The normalized spacial score (nSPS) is 28.0. The van der Waals surface area contributed by atoms with Gasteiger partial charge in [-0.3, -0.25) is 19.4 Å². The van der Waals surface area contributed by atoms with Crippen LogP contribution >= 0.6 is 11.3 Å². The highest BCUT2D eigenvalue weighted by molar-refractivity contribution is 7.17. The number of ether oxygens (including phenoxy) is 1. The van der Waals surface area contributed by atoms with Gasteiger partial charge < -0.3 is 25.4 Å². The molecule has 5 atom stereocenters. The van der Waals surface area contributed by atoms with E-state index in [-0.39, 0.29) is 30.7 Å². The average molecular weight is 658 g/mol. The third-order valence-electron chi connectivity index (χ3n) is 9.73. The van der Waals surface area contributed by atoms with Crippen molar-refractivity contribution in [3.05, 3.63) is 54.1 Å². The highest BCUT2D eigenvalue weighted by atomic mass is 32.1. The van der Waals surface area contributed by atoms with E-state index >= 15 is 0 Å². The number of allylic oxidation sites excluding steroid dienone is 1. The fourth-order valence-electron chi connectivity index (χ4n) is 6.82. The number of hydrogen-bond donors (Lipinski definition) is 3. The van der Waals surface area contributed by atoms with Gasteiger partial charge in [-0.15, -0.1) is 11.3 Å². The molecule has 3 aromatic rings. The average Bonchev–Trinajstić information content (AvgIpc) is 3.89. The lowest BCUT2D eigenvalue weighted by Gasteiger charge is -2.29. The van der Waals surface area contributed by atoms with Crippen LogP contribution in [-0.2, 0) is 19.2 Å². The summed E-state index contributed by atoms with van der Waals surface area (Å²) in [6.07, 6.45) is 11.7. The number of pyridine rings is 2. The second-order valence-electron chi connectivity index (χ2n) is 13.2. The zero-order chi connectivity index (χ0) is 32.5. The van der Waals surface area contributed by atoms with Crippen molar-refractivity contribution in [1.82, 2.24) is 25.5 Å². The Labute approximate surface area is 276 Å². The van der Waals surface area contributed by atoms with Crippen LogP contribution in [0.2, 0.25) is 0 Å². The molecule has 11 nitrogen and oxygen atoms in total. The maximum absolute atomic E-state index is 14.3. The number of aromatic nitrogens is 2. The number of carbonyl (C=O) groups is 4. The standard InChI is InChI=1S/C35H39N5O6S/c41-30(16-21-11-12-21)38-26-10-5-3-1-2-4-8-22-19-35(22,34(44)45)39-32(42)28-17-23(20-40(28)33(26)43)46-29-18-27(24-9-6-7-14-36-24)37-25-13-15-47-31(25)29/h4,6-9,13-15,18,21-23,26,28H,1-3,5,10-12,16-17,19-20H2,(H,38,41)(H,39,42)(H,44,45)/t22-,23-,26+,28+,35-/m1/s1. The number of nitrogens with zero attached hydrogens (tertiary/aromatic N) is 3.